The number of benzene rings is 1. The Kier molecular flexibility index (Phi) is 4.04. The second-order valence-corrected chi connectivity index (χ2v) is 7.19. The summed E-state index contributed by atoms with van der Waals surface area (Å²) in [4.78, 5) is 12.6. The number of methoxy groups -OCH3 is 2. The van der Waals surface area contributed by atoms with Gasteiger partial charge in [-0.3, -0.25) is 4.79 Å². The zero-order chi connectivity index (χ0) is 16.6. The lowest BCUT2D eigenvalue weighted by atomic mass is 9.68. The Balaban J connectivity index is 1.78. The molecule has 1 saturated carbocycles. The fourth-order valence-electron chi connectivity index (χ4n) is 3.71. The maximum atomic E-state index is 12.6. The van der Waals surface area contributed by atoms with E-state index in [-0.39, 0.29) is 17.4 Å². The molecule has 0 saturated heterocycles. The predicted octanol–water partition coefficient (Wildman–Crippen LogP) is 2.58. The molecule has 0 spiro atoms. The number of ketones is 1. The van der Waals surface area contributed by atoms with Crippen LogP contribution in [0.5, 0.6) is 11.5 Å². The number of ether oxygens (including phenoxy) is 2. The average molecular weight is 316 g/mol. The molecule has 0 aromatic heterocycles. The molecular formula is C18H24N2O3. The van der Waals surface area contributed by atoms with E-state index >= 15 is 0 Å². The van der Waals surface area contributed by atoms with Gasteiger partial charge < -0.3 is 14.9 Å². The quantitative estimate of drug-likeness (QED) is 0.927. The smallest absolute Gasteiger partial charge is 0.160 e. The zero-order valence-electron chi connectivity index (χ0n) is 14.2. The van der Waals surface area contributed by atoms with Gasteiger partial charge in [0.25, 0.3) is 0 Å². The van der Waals surface area contributed by atoms with Gasteiger partial charge in [0.1, 0.15) is 5.78 Å². The van der Waals surface area contributed by atoms with E-state index < -0.39 is 0 Å². The van der Waals surface area contributed by atoms with Crippen LogP contribution in [0.2, 0.25) is 0 Å². The summed E-state index contributed by atoms with van der Waals surface area (Å²) in [6.07, 6.45) is 2.25. The van der Waals surface area contributed by atoms with Crippen molar-refractivity contribution in [2.45, 2.75) is 39.2 Å². The first-order chi connectivity index (χ1) is 10.9. The number of carbonyl (C=O) groups excluding carboxylic acids is 1. The number of hydrogen-bond donors (Lipinski definition) is 1. The van der Waals surface area contributed by atoms with Crippen LogP contribution in [0.25, 0.3) is 0 Å². The molecule has 1 aliphatic carbocycles. The highest BCUT2D eigenvalue weighted by molar-refractivity contribution is 6.08. The summed E-state index contributed by atoms with van der Waals surface area (Å²) in [5, 5.41) is 4.46. The lowest BCUT2D eigenvalue weighted by molar-refractivity contribution is -0.126. The lowest BCUT2D eigenvalue weighted by Crippen LogP contribution is -2.45. The molecule has 0 radical (unpaired) electrons. The van der Waals surface area contributed by atoms with E-state index in [4.69, 9.17) is 9.47 Å². The van der Waals surface area contributed by atoms with Gasteiger partial charge in [0, 0.05) is 12.8 Å². The average Bonchev–Trinajstić information content (AvgIpc) is 2.88. The van der Waals surface area contributed by atoms with Crippen LogP contribution in [0.3, 0.4) is 0 Å². The van der Waals surface area contributed by atoms with Gasteiger partial charge >= 0.3 is 0 Å². The summed E-state index contributed by atoms with van der Waals surface area (Å²) >= 11 is 0. The molecule has 0 unspecified atom stereocenters. The van der Waals surface area contributed by atoms with Crippen molar-refractivity contribution in [2.24, 2.45) is 16.4 Å². The van der Waals surface area contributed by atoms with Crippen LogP contribution < -0.4 is 14.9 Å². The summed E-state index contributed by atoms with van der Waals surface area (Å²) in [5.74, 6) is 1.62. The van der Waals surface area contributed by atoms with Gasteiger partial charge in [-0.2, -0.15) is 5.10 Å². The van der Waals surface area contributed by atoms with Gasteiger partial charge in [0.2, 0.25) is 0 Å². The number of carbonyl (C=O) groups is 1. The number of hydrogen-bond acceptors (Lipinski definition) is 5. The minimum absolute atomic E-state index is 0.0551. The van der Waals surface area contributed by atoms with Crippen molar-refractivity contribution in [3.63, 3.8) is 0 Å². The molecule has 23 heavy (non-hydrogen) atoms. The van der Waals surface area contributed by atoms with E-state index in [1.165, 1.54) is 0 Å². The van der Waals surface area contributed by atoms with Crippen molar-refractivity contribution >= 4 is 11.5 Å². The maximum absolute atomic E-state index is 12.6. The number of fused-ring (bicyclic) bond motifs is 1. The third-order valence-electron chi connectivity index (χ3n) is 4.74. The standard InChI is InChI=1S/C18H24N2O3/c1-18(2)9-13-17(14(21)10-18)12(19-20-13)7-11-5-6-15(22-3)16(8-11)23-4/h5-6,8,13,17,20H,7,9-10H2,1-4H3/t13-,17+/m1/s1. The van der Waals surface area contributed by atoms with Gasteiger partial charge in [0.05, 0.1) is 31.9 Å². The summed E-state index contributed by atoms with van der Waals surface area (Å²) in [6, 6.07) is 5.97. The normalized spacial score (nSPS) is 25.4. The molecule has 2 aliphatic rings. The number of nitrogens with one attached hydrogen (secondary N) is 1. The third-order valence-corrected chi connectivity index (χ3v) is 4.74. The topological polar surface area (TPSA) is 59.9 Å². The summed E-state index contributed by atoms with van der Waals surface area (Å²) in [6.45, 7) is 4.30. The first-order valence-corrected chi connectivity index (χ1v) is 7.99. The molecule has 2 atom stereocenters. The zero-order valence-corrected chi connectivity index (χ0v) is 14.2. The third kappa shape index (κ3) is 3.05. The van der Waals surface area contributed by atoms with E-state index in [0.717, 1.165) is 17.7 Å². The summed E-state index contributed by atoms with van der Waals surface area (Å²) in [7, 11) is 3.24. The number of hydrazone groups is 1. The summed E-state index contributed by atoms with van der Waals surface area (Å²) < 4.78 is 10.6. The van der Waals surface area contributed by atoms with Gasteiger partial charge in [-0.05, 0) is 29.5 Å². The first-order valence-electron chi connectivity index (χ1n) is 7.99. The van der Waals surface area contributed by atoms with E-state index in [0.29, 0.717) is 30.1 Å². The van der Waals surface area contributed by atoms with Crippen LogP contribution in [0.1, 0.15) is 32.3 Å². The molecule has 3 rings (SSSR count). The van der Waals surface area contributed by atoms with Crippen molar-refractivity contribution in [1.82, 2.24) is 5.43 Å². The molecule has 1 aromatic carbocycles. The number of rotatable bonds is 4. The SMILES string of the molecule is COc1ccc(CC2=NN[C@@H]3CC(C)(C)CC(=O)[C@@H]23)cc1OC. The molecule has 124 valence electrons. The second-order valence-electron chi connectivity index (χ2n) is 7.19. The molecule has 5 nitrogen and oxygen atoms in total. The van der Waals surface area contributed by atoms with Crippen LogP contribution in [0.4, 0.5) is 0 Å². The van der Waals surface area contributed by atoms with Gasteiger partial charge in [-0.15, -0.1) is 0 Å². The van der Waals surface area contributed by atoms with Crippen LogP contribution in [-0.2, 0) is 11.2 Å². The van der Waals surface area contributed by atoms with E-state index in [2.05, 4.69) is 24.4 Å². The molecular weight excluding hydrogens is 292 g/mol. The maximum Gasteiger partial charge on any atom is 0.160 e. The Morgan fingerprint density at radius 2 is 2.00 bits per heavy atom. The fraction of sp³-hybridized carbons (Fsp3) is 0.556. The number of nitrogens with zero attached hydrogens (tertiary/aromatic N) is 1. The predicted molar refractivity (Wildman–Crippen MR) is 89.1 cm³/mol. The lowest BCUT2D eigenvalue weighted by Gasteiger charge is -2.36. The highest BCUT2D eigenvalue weighted by Gasteiger charge is 2.45. The van der Waals surface area contributed by atoms with E-state index in [1.54, 1.807) is 14.2 Å². The van der Waals surface area contributed by atoms with Crippen LogP contribution >= 0.6 is 0 Å². The Hall–Kier alpha value is -2.04. The molecule has 5 heteroatoms. The molecule has 1 aromatic rings. The van der Waals surface area contributed by atoms with E-state index in [1.807, 2.05) is 18.2 Å². The largest absolute Gasteiger partial charge is 0.493 e. The summed E-state index contributed by atoms with van der Waals surface area (Å²) in [5.41, 5.74) is 5.24. The molecule has 1 aliphatic heterocycles. The van der Waals surface area contributed by atoms with Crippen LogP contribution in [0.15, 0.2) is 23.3 Å². The van der Waals surface area contributed by atoms with Crippen molar-refractivity contribution in [3.8, 4) is 11.5 Å². The molecule has 1 fully saturated rings. The van der Waals surface area contributed by atoms with Crippen LogP contribution in [-0.4, -0.2) is 31.8 Å². The van der Waals surface area contributed by atoms with Crippen LogP contribution in [0, 0.1) is 11.3 Å². The van der Waals surface area contributed by atoms with Gasteiger partial charge in [0.15, 0.2) is 11.5 Å². The Morgan fingerprint density at radius 1 is 1.26 bits per heavy atom. The Morgan fingerprint density at radius 3 is 2.70 bits per heavy atom. The molecule has 1 N–H and O–H groups in total. The van der Waals surface area contributed by atoms with Crippen molar-refractivity contribution in [2.75, 3.05) is 14.2 Å². The van der Waals surface area contributed by atoms with Gasteiger partial charge in [-0.1, -0.05) is 19.9 Å². The monoisotopic (exact) mass is 316 g/mol. The minimum Gasteiger partial charge on any atom is -0.493 e. The molecule has 0 amide bonds. The highest BCUT2D eigenvalue weighted by atomic mass is 16.5. The van der Waals surface area contributed by atoms with E-state index in [9.17, 15) is 4.79 Å². The Bertz CT molecular complexity index is 652. The first kappa shape index (κ1) is 15.8. The minimum atomic E-state index is -0.0869. The molecule has 1 heterocycles. The fourth-order valence-corrected chi connectivity index (χ4v) is 3.71. The van der Waals surface area contributed by atoms with Gasteiger partial charge in [-0.25, -0.2) is 0 Å². The van der Waals surface area contributed by atoms with Crippen molar-refractivity contribution in [3.05, 3.63) is 23.8 Å². The second kappa shape index (κ2) is 5.87. The Labute approximate surface area is 137 Å². The van der Waals surface area contributed by atoms with Crippen molar-refractivity contribution < 1.29 is 14.3 Å². The highest BCUT2D eigenvalue weighted by Crippen LogP contribution is 2.39. The molecule has 0 bridgehead atoms. The number of Topliss-reactive ketones (excluding diaryl/α,β-unsaturated/α-hetero) is 1. The van der Waals surface area contributed by atoms with Crippen molar-refractivity contribution in [1.29, 1.82) is 0 Å².